The van der Waals surface area contributed by atoms with Crippen molar-refractivity contribution in [3.63, 3.8) is 0 Å². The Bertz CT molecular complexity index is 1310. The van der Waals surface area contributed by atoms with Gasteiger partial charge in [0.25, 0.3) is 12.3 Å². The van der Waals surface area contributed by atoms with Crippen LogP contribution in [0.2, 0.25) is 0 Å². The van der Waals surface area contributed by atoms with E-state index in [0.29, 0.717) is 11.3 Å². The number of carbonyl (C=O) groups excluding carboxylic acids is 3. The van der Waals surface area contributed by atoms with Gasteiger partial charge in [0.1, 0.15) is 36.6 Å². The minimum absolute atomic E-state index is 0.0482. The summed E-state index contributed by atoms with van der Waals surface area (Å²) in [5, 5.41) is 10.9. The molecule has 0 bridgehead atoms. The number of hydrogen-bond donors (Lipinski definition) is 2. The fourth-order valence-electron chi connectivity index (χ4n) is 3.26. The number of nitrogens with one attached hydrogen (secondary N) is 1. The first-order chi connectivity index (χ1) is 19.5. The number of pyridine rings is 1. The van der Waals surface area contributed by atoms with Crippen LogP contribution in [0.3, 0.4) is 0 Å². The lowest BCUT2D eigenvalue weighted by atomic mass is 10.1. The number of esters is 2. The van der Waals surface area contributed by atoms with Gasteiger partial charge in [-0.15, -0.1) is 0 Å². The number of alkyl halides is 2. The van der Waals surface area contributed by atoms with Crippen LogP contribution in [0.25, 0.3) is 0 Å². The molecule has 0 radical (unpaired) electrons. The van der Waals surface area contributed by atoms with Gasteiger partial charge in [0, 0.05) is 31.7 Å². The molecule has 1 amide bonds. The van der Waals surface area contributed by atoms with Crippen LogP contribution in [0.5, 0.6) is 23.0 Å². The fraction of sp³-hybridized carbons (Fsp3) is 0.286. The summed E-state index contributed by atoms with van der Waals surface area (Å²) in [7, 11) is 1.31. The maximum atomic E-state index is 13.4. The van der Waals surface area contributed by atoms with E-state index < -0.39 is 49.3 Å². The smallest absolute Gasteiger partial charge is 0.325 e. The first-order valence-electron chi connectivity index (χ1n) is 12.1. The maximum absolute atomic E-state index is 13.4. The molecule has 0 aliphatic rings. The molecule has 41 heavy (non-hydrogen) atoms. The molecule has 1 atom stereocenters. The molecule has 3 rings (SSSR count). The summed E-state index contributed by atoms with van der Waals surface area (Å²) in [4.78, 5) is 39.8. The van der Waals surface area contributed by atoms with Crippen molar-refractivity contribution in [1.82, 2.24) is 10.3 Å². The van der Waals surface area contributed by atoms with Gasteiger partial charge in [0.2, 0.25) is 5.75 Å². The van der Waals surface area contributed by atoms with Crippen molar-refractivity contribution >= 4 is 17.8 Å². The Kier molecular flexibility index (Phi) is 12.9. The van der Waals surface area contributed by atoms with Crippen LogP contribution < -0.4 is 19.5 Å². The monoisotopic (exact) mass is 578 g/mol. The Labute approximate surface area is 234 Å². The predicted octanol–water partition coefficient (Wildman–Crippen LogP) is 4.09. The van der Waals surface area contributed by atoms with E-state index in [9.17, 15) is 27.6 Å². The van der Waals surface area contributed by atoms with E-state index in [2.05, 4.69) is 10.3 Å². The SMILES string of the molecule is COc1ccnc(C(=O)NCC(=O)OC(C)Cc2ccc(F)cc2OCC(F)F)c1OC(C)=O.Oc1ccccc1. The van der Waals surface area contributed by atoms with Crippen molar-refractivity contribution in [1.29, 1.82) is 0 Å². The van der Waals surface area contributed by atoms with E-state index in [0.717, 1.165) is 19.1 Å². The minimum atomic E-state index is -2.74. The van der Waals surface area contributed by atoms with Crippen molar-refractivity contribution in [3.8, 4) is 23.0 Å². The molecule has 3 aromatic rings. The van der Waals surface area contributed by atoms with E-state index >= 15 is 0 Å². The Balaban J connectivity index is 0.000000729. The van der Waals surface area contributed by atoms with Crippen molar-refractivity contribution in [3.05, 3.63) is 77.9 Å². The third-order valence-electron chi connectivity index (χ3n) is 4.93. The van der Waals surface area contributed by atoms with Crippen molar-refractivity contribution in [2.24, 2.45) is 0 Å². The van der Waals surface area contributed by atoms with E-state index in [-0.39, 0.29) is 29.4 Å². The van der Waals surface area contributed by atoms with Gasteiger partial charge in [0.15, 0.2) is 11.4 Å². The zero-order valence-corrected chi connectivity index (χ0v) is 22.4. The highest BCUT2D eigenvalue weighted by Crippen LogP contribution is 2.29. The van der Waals surface area contributed by atoms with Gasteiger partial charge in [0.05, 0.1) is 7.11 Å². The normalized spacial score (nSPS) is 11.0. The highest BCUT2D eigenvalue weighted by atomic mass is 19.3. The lowest BCUT2D eigenvalue weighted by molar-refractivity contribution is -0.146. The first-order valence-corrected chi connectivity index (χ1v) is 12.1. The van der Waals surface area contributed by atoms with E-state index in [4.69, 9.17) is 24.1 Å². The third-order valence-corrected chi connectivity index (χ3v) is 4.93. The molecule has 0 fully saturated rings. The molecule has 1 heterocycles. The Morgan fingerprint density at radius 2 is 1.76 bits per heavy atom. The summed E-state index contributed by atoms with van der Waals surface area (Å²) in [5.41, 5.74) is 0.0838. The van der Waals surface area contributed by atoms with Gasteiger partial charge in [-0.3, -0.25) is 14.4 Å². The highest BCUT2D eigenvalue weighted by molar-refractivity contribution is 5.98. The second kappa shape index (κ2) is 16.3. The molecule has 1 aromatic heterocycles. The van der Waals surface area contributed by atoms with Gasteiger partial charge in [-0.05, 0) is 30.7 Å². The molecule has 2 N–H and O–H groups in total. The molecule has 220 valence electrons. The molecule has 13 heteroatoms. The molecular weight excluding hydrogens is 549 g/mol. The zero-order valence-electron chi connectivity index (χ0n) is 22.4. The van der Waals surface area contributed by atoms with Gasteiger partial charge in [-0.1, -0.05) is 24.3 Å². The predicted molar refractivity (Wildman–Crippen MR) is 140 cm³/mol. The van der Waals surface area contributed by atoms with E-state index in [1.54, 1.807) is 24.3 Å². The summed E-state index contributed by atoms with van der Waals surface area (Å²) < 4.78 is 58.5. The number of amides is 1. The summed E-state index contributed by atoms with van der Waals surface area (Å²) in [5.74, 6) is -2.87. The quantitative estimate of drug-likeness (QED) is 0.323. The van der Waals surface area contributed by atoms with Crippen LogP contribution in [0.4, 0.5) is 13.2 Å². The van der Waals surface area contributed by atoms with Crippen LogP contribution in [-0.4, -0.2) is 60.7 Å². The van der Waals surface area contributed by atoms with Crippen molar-refractivity contribution in [2.45, 2.75) is 32.8 Å². The average Bonchev–Trinajstić information content (AvgIpc) is 2.92. The largest absolute Gasteiger partial charge is 0.508 e. The summed E-state index contributed by atoms with van der Waals surface area (Å²) in [6.45, 7) is 1.21. The van der Waals surface area contributed by atoms with Gasteiger partial charge >= 0.3 is 11.9 Å². The topological polar surface area (TPSA) is 133 Å². The highest BCUT2D eigenvalue weighted by Gasteiger charge is 2.22. The number of rotatable bonds is 11. The fourth-order valence-corrected chi connectivity index (χ4v) is 3.26. The number of phenolic OH excluding ortho intramolecular Hbond substituents is 1. The van der Waals surface area contributed by atoms with Crippen molar-refractivity contribution < 1.29 is 51.6 Å². The molecule has 0 spiro atoms. The zero-order chi connectivity index (χ0) is 30.4. The number of methoxy groups -OCH3 is 1. The molecule has 10 nitrogen and oxygen atoms in total. The number of aromatic nitrogens is 1. The second-order valence-corrected chi connectivity index (χ2v) is 8.26. The lowest BCUT2D eigenvalue weighted by Crippen LogP contribution is -2.33. The summed E-state index contributed by atoms with van der Waals surface area (Å²) in [6, 6.07) is 13.5. The Morgan fingerprint density at radius 1 is 1.05 bits per heavy atom. The average molecular weight is 579 g/mol. The third kappa shape index (κ3) is 11.4. The molecule has 1 unspecified atom stereocenters. The molecule has 2 aromatic carbocycles. The number of benzene rings is 2. The lowest BCUT2D eigenvalue weighted by Gasteiger charge is -2.17. The summed E-state index contributed by atoms with van der Waals surface area (Å²) >= 11 is 0. The van der Waals surface area contributed by atoms with Crippen LogP contribution in [0.1, 0.15) is 29.9 Å². The number of para-hydroxylation sites is 1. The van der Waals surface area contributed by atoms with E-state index in [1.807, 2.05) is 6.07 Å². The number of halogens is 3. The molecular formula is C28H29F3N2O8. The number of ether oxygens (including phenoxy) is 4. The second-order valence-electron chi connectivity index (χ2n) is 8.26. The summed E-state index contributed by atoms with van der Waals surface area (Å²) in [6.07, 6.45) is -2.19. The van der Waals surface area contributed by atoms with Gasteiger partial charge in [-0.2, -0.15) is 0 Å². The standard InChI is InChI=1S/C22H23F3N2O7.C6H6O/c1-12(8-14-4-5-15(23)9-17(14)32-11-18(24)25)33-19(29)10-27-22(30)20-21(34-13(2)28)16(31-3)6-7-26-20;7-6-4-2-1-3-5-6/h4-7,9,12,18H,8,10-11H2,1-3H3,(H,27,30);1-5,7H. The Hall–Kier alpha value is -4.81. The molecule has 0 aliphatic carbocycles. The molecule has 0 aliphatic heterocycles. The number of phenols is 1. The van der Waals surface area contributed by atoms with Crippen LogP contribution in [0, 0.1) is 5.82 Å². The minimum Gasteiger partial charge on any atom is -0.508 e. The number of hydrogen-bond acceptors (Lipinski definition) is 9. The maximum Gasteiger partial charge on any atom is 0.325 e. The van der Waals surface area contributed by atoms with Crippen LogP contribution >= 0.6 is 0 Å². The van der Waals surface area contributed by atoms with Gasteiger partial charge in [-0.25, -0.2) is 18.2 Å². The van der Waals surface area contributed by atoms with Gasteiger partial charge < -0.3 is 29.4 Å². The van der Waals surface area contributed by atoms with Crippen LogP contribution in [-0.2, 0) is 20.7 Å². The Morgan fingerprint density at radius 3 is 2.34 bits per heavy atom. The number of carbonyl (C=O) groups is 3. The van der Waals surface area contributed by atoms with E-state index in [1.165, 1.54) is 32.4 Å². The van der Waals surface area contributed by atoms with Crippen molar-refractivity contribution in [2.75, 3.05) is 20.3 Å². The van der Waals surface area contributed by atoms with Crippen LogP contribution in [0.15, 0.2) is 60.8 Å². The number of aromatic hydroxyl groups is 1. The molecule has 0 saturated carbocycles. The molecule has 0 saturated heterocycles. The number of nitrogens with zero attached hydrogens (tertiary/aromatic N) is 1. The first kappa shape index (κ1) is 32.4.